The van der Waals surface area contributed by atoms with Crippen LogP contribution in [0.3, 0.4) is 0 Å². The third-order valence-electron chi connectivity index (χ3n) is 4.91. The van der Waals surface area contributed by atoms with Gasteiger partial charge in [-0.3, -0.25) is 9.59 Å². The molecular weight excluding hydrogens is 352 g/mol. The molecule has 0 amide bonds. The number of ether oxygens (including phenoxy) is 1. The van der Waals surface area contributed by atoms with Crippen LogP contribution in [0.5, 0.6) is 0 Å². The maximum absolute atomic E-state index is 11.9. The van der Waals surface area contributed by atoms with Gasteiger partial charge in [-0.05, 0) is 32.1 Å². The molecule has 4 heteroatoms. The van der Waals surface area contributed by atoms with Crippen LogP contribution in [0, 0.1) is 5.92 Å². The van der Waals surface area contributed by atoms with E-state index in [2.05, 4.69) is 25.7 Å². The molecule has 0 heterocycles. The number of esters is 1. The molecule has 0 aliphatic carbocycles. The average molecular weight is 395 g/mol. The van der Waals surface area contributed by atoms with Crippen LogP contribution in [0.1, 0.15) is 103 Å². The summed E-state index contributed by atoms with van der Waals surface area (Å²) in [6.45, 7) is 5.88. The number of hydrogen-bond donors (Lipinski definition) is 1. The Morgan fingerprint density at radius 1 is 0.893 bits per heavy atom. The first-order chi connectivity index (χ1) is 13.6. The van der Waals surface area contributed by atoms with E-state index in [1.165, 1.54) is 70.3 Å². The standard InChI is InChI=1S/C24H42O4/c1-3-5-6-7-8-9-10-11-12-13-14-15-16-17-18-19-22(21-23(25)26)24(27)28-20-4-2/h4,15-16,22H,2-3,5-14,17-21H2,1H3,(H,25,26)/b16-15+. The van der Waals surface area contributed by atoms with E-state index in [1.807, 2.05) is 0 Å². The van der Waals surface area contributed by atoms with E-state index in [4.69, 9.17) is 9.84 Å². The molecule has 1 N–H and O–H groups in total. The molecule has 0 radical (unpaired) electrons. The Morgan fingerprint density at radius 3 is 1.96 bits per heavy atom. The minimum absolute atomic E-state index is 0.133. The van der Waals surface area contributed by atoms with Gasteiger partial charge in [-0.25, -0.2) is 0 Å². The number of carbonyl (C=O) groups is 2. The first-order valence-electron chi connectivity index (χ1n) is 11.3. The molecule has 0 aliphatic heterocycles. The lowest BCUT2D eigenvalue weighted by Crippen LogP contribution is -2.21. The van der Waals surface area contributed by atoms with E-state index >= 15 is 0 Å². The second-order valence-electron chi connectivity index (χ2n) is 7.59. The highest BCUT2D eigenvalue weighted by Crippen LogP contribution is 2.16. The predicted molar refractivity (Wildman–Crippen MR) is 116 cm³/mol. The number of aliphatic carboxylic acids is 1. The highest BCUT2D eigenvalue weighted by molar-refractivity contribution is 5.79. The molecule has 0 saturated carbocycles. The monoisotopic (exact) mass is 394 g/mol. The van der Waals surface area contributed by atoms with Crippen LogP contribution in [-0.4, -0.2) is 23.7 Å². The van der Waals surface area contributed by atoms with Crippen molar-refractivity contribution in [2.45, 2.75) is 103 Å². The highest BCUT2D eigenvalue weighted by atomic mass is 16.5. The molecule has 1 unspecified atom stereocenters. The van der Waals surface area contributed by atoms with Crippen molar-refractivity contribution in [1.29, 1.82) is 0 Å². The Hall–Kier alpha value is -1.58. The molecule has 28 heavy (non-hydrogen) atoms. The number of rotatable bonds is 20. The van der Waals surface area contributed by atoms with E-state index in [1.54, 1.807) is 0 Å². The lowest BCUT2D eigenvalue weighted by atomic mass is 9.98. The molecule has 0 aromatic carbocycles. The molecule has 0 aromatic heterocycles. The maximum Gasteiger partial charge on any atom is 0.309 e. The quantitative estimate of drug-likeness (QED) is 0.139. The van der Waals surface area contributed by atoms with E-state index in [9.17, 15) is 9.59 Å². The summed E-state index contributed by atoms with van der Waals surface area (Å²) in [7, 11) is 0. The van der Waals surface area contributed by atoms with Gasteiger partial charge in [0.1, 0.15) is 6.61 Å². The zero-order valence-corrected chi connectivity index (χ0v) is 18.0. The fourth-order valence-electron chi connectivity index (χ4n) is 3.24. The van der Waals surface area contributed by atoms with Gasteiger partial charge in [0.25, 0.3) is 0 Å². The van der Waals surface area contributed by atoms with Crippen molar-refractivity contribution in [3.8, 4) is 0 Å². The van der Waals surface area contributed by atoms with Gasteiger partial charge < -0.3 is 9.84 Å². The van der Waals surface area contributed by atoms with Gasteiger partial charge >= 0.3 is 11.9 Å². The molecule has 162 valence electrons. The molecule has 0 aromatic rings. The number of hydrogen-bond acceptors (Lipinski definition) is 3. The van der Waals surface area contributed by atoms with Crippen molar-refractivity contribution in [2.24, 2.45) is 5.92 Å². The van der Waals surface area contributed by atoms with Gasteiger partial charge in [-0.15, -0.1) is 0 Å². The SMILES string of the molecule is C=CCOC(=O)C(CCC/C=C/CCCCCCCCCCCC)CC(=O)O. The molecule has 0 spiro atoms. The maximum atomic E-state index is 11.9. The van der Waals surface area contributed by atoms with Crippen LogP contribution in [0.25, 0.3) is 0 Å². The molecule has 0 rings (SSSR count). The fraction of sp³-hybridized carbons (Fsp3) is 0.750. The van der Waals surface area contributed by atoms with Gasteiger partial charge in [-0.1, -0.05) is 89.5 Å². The smallest absolute Gasteiger partial charge is 0.309 e. The molecule has 0 bridgehead atoms. The van der Waals surface area contributed by atoms with Crippen molar-refractivity contribution in [3.63, 3.8) is 0 Å². The molecule has 0 saturated heterocycles. The van der Waals surface area contributed by atoms with E-state index in [-0.39, 0.29) is 13.0 Å². The molecular formula is C24H42O4. The third-order valence-corrected chi connectivity index (χ3v) is 4.91. The second-order valence-corrected chi connectivity index (χ2v) is 7.59. The Kier molecular flexibility index (Phi) is 19.0. The van der Waals surface area contributed by atoms with Crippen LogP contribution in [0.15, 0.2) is 24.8 Å². The minimum Gasteiger partial charge on any atom is -0.481 e. The zero-order valence-electron chi connectivity index (χ0n) is 18.0. The summed E-state index contributed by atoms with van der Waals surface area (Å²) < 4.78 is 4.99. The Morgan fingerprint density at radius 2 is 1.43 bits per heavy atom. The van der Waals surface area contributed by atoms with Crippen LogP contribution >= 0.6 is 0 Å². The number of carboxylic acid groups (broad SMARTS) is 1. The number of unbranched alkanes of at least 4 members (excludes halogenated alkanes) is 11. The van der Waals surface area contributed by atoms with E-state index in [0.29, 0.717) is 6.42 Å². The summed E-state index contributed by atoms with van der Waals surface area (Å²) >= 11 is 0. The van der Waals surface area contributed by atoms with E-state index < -0.39 is 17.9 Å². The van der Waals surface area contributed by atoms with Crippen LogP contribution < -0.4 is 0 Å². The summed E-state index contributed by atoms with van der Waals surface area (Å²) in [6, 6.07) is 0. The topological polar surface area (TPSA) is 63.6 Å². The number of carbonyl (C=O) groups excluding carboxylic acids is 1. The van der Waals surface area contributed by atoms with Gasteiger partial charge in [0.15, 0.2) is 0 Å². The van der Waals surface area contributed by atoms with Crippen molar-refractivity contribution in [1.82, 2.24) is 0 Å². The van der Waals surface area contributed by atoms with Crippen molar-refractivity contribution < 1.29 is 19.4 Å². The lowest BCUT2D eigenvalue weighted by molar-refractivity contribution is -0.152. The zero-order chi connectivity index (χ0) is 20.9. The minimum atomic E-state index is -0.961. The van der Waals surface area contributed by atoms with Gasteiger partial charge in [0.05, 0.1) is 12.3 Å². The molecule has 4 nitrogen and oxygen atoms in total. The highest BCUT2D eigenvalue weighted by Gasteiger charge is 2.22. The Balaban J connectivity index is 3.64. The van der Waals surface area contributed by atoms with Crippen LogP contribution in [0.4, 0.5) is 0 Å². The fourth-order valence-corrected chi connectivity index (χ4v) is 3.24. The summed E-state index contributed by atoms with van der Waals surface area (Å²) in [4.78, 5) is 22.8. The molecule has 0 aliphatic rings. The van der Waals surface area contributed by atoms with E-state index in [0.717, 1.165) is 19.3 Å². The Bertz CT molecular complexity index is 428. The van der Waals surface area contributed by atoms with Crippen LogP contribution in [0.2, 0.25) is 0 Å². The Labute approximate surface area is 172 Å². The van der Waals surface area contributed by atoms with Gasteiger partial charge in [0, 0.05) is 0 Å². The lowest BCUT2D eigenvalue weighted by Gasteiger charge is -2.12. The largest absolute Gasteiger partial charge is 0.481 e. The molecule has 1 atom stereocenters. The first kappa shape index (κ1) is 26.4. The van der Waals surface area contributed by atoms with Gasteiger partial charge in [-0.2, -0.15) is 0 Å². The number of allylic oxidation sites excluding steroid dienone is 2. The summed E-state index contributed by atoms with van der Waals surface area (Å²) in [5.41, 5.74) is 0. The number of carboxylic acids is 1. The van der Waals surface area contributed by atoms with Crippen molar-refractivity contribution in [3.05, 3.63) is 24.8 Å². The third kappa shape index (κ3) is 17.8. The summed E-state index contributed by atoms with van der Waals surface area (Å²) in [6.07, 6.45) is 22.5. The van der Waals surface area contributed by atoms with Crippen molar-refractivity contribution >= 4 is 11.9 Å². The van der Waals surface area contributed by atoms with Crippen molar-refractivity contribution in [2.75, 3.05) is 6.61 Å². The molecule has 0 fully saturated rings. The normalized spacial score (nSPS) is 12.2. The predicted octanol–water partition coefficient (Wildman–Crippen LogP) is 6.84. The van der Waals surface area contributed by atoms with Crippen LogP contribution in [-0.2, 0) is 14.3 Å². The summed E-state index contributed by atoms with van der Waals surface area (Å²) in [5.74, 6) is -1.96. The summed E-state index contributed by atoms with van der Waals surface area (Å²) in [5, 5.41) is 8.94. The second kappa shape index (κ2) is 20.2. The first-order valence-corrected chi connectivity index (χ1v) is 11.3. The average Bonchev–Trinajstić information content (AvgIpc) is 2.67. The van der Waals surface area contributed by atoms with Gasteiger partial charge in [0.2, 0.25) is 0 Å².